The number of rotatable bonds is 9. The lowest BCUT2D eigenvalue weighted by Gasteiger charge is -2.18. The molecule has 0 saturated heterocycles. The van der Waals surface area contributed by atoms with E-state index in [1.807, 2.05) is 31.5 Å². The van der Waals surface area contributed by atoms with E-state index in [0.717, 1.165) is 36.5 Å². The fourth-order valence-electron chi connectivity index (χ4n) is 4.63. The minimum atomic E-state index is -3.55. The summed E-state index contributed by atoms with van der Waals surface area (Å²) < 4.78 is 29.1. The highest BCUT2D eigenvalue weighted by Gasteiger charge is 2.23. The molecule has 0 radical (unpaired) electrons. The van der Waals surface area contributed by atoms with E-state index in [9.17, 15) is 13.2 Å². The van der Waals surface area contributed by atoms with Gasteiger partial charge in [-0.1, -0.05) is 19.9 Å². The van der Waals surface area contributed by atoms with Crippen molar-refractivity contribution in [2.75, 3.05) is 36.4 Å². The zero-order chi connectivity index (χ0) is 24.5. The number of aryl methyl sites for hydroxylation is 2. The molecule has 0 spiro atoms. The maximum absolute atomic E-state index is 12.9. The molecule has 0 aliphatic carbocycles. The van der Waals surface area contributed by atoms with Gasteiger partial charge in [0.15, 0.2) is 0 Å². The van der Waals surface area contributed by atoms with Gasteiger partial charge in [-0.2, -0.15) is 4.31 Å². The molecule has 8 nitrogen and oxygen atoms in total. The number of fused-ring (bicyclic) bond motifs is 2. The molecule has 2 heterocycles. The number of likely N-dealkylation sites (N-methyl/N-ethyl adjacent to an activating group) is 1. The molecule has 4 rings (SSSR count). The summed E-state index contributed by atoms with van der Waals surface area (Å²) in [5.41, 5.74) is 4.78. The van der Waals surface area contributed by atoms with Gasteiger partial charge in [-0.3, -0.25) is 4.79 Å². The molecule has 0 bridgehead atoms. The third kappa shape index (κ3) is 4.54. The van der Waals surface area contributed by atoms with Crippen LogP contribution in [0.5, 0.6) is 0 Å². The Morgan fingerprint density at radius 3 is 2.59 bits per heavy atom. The average molecular weight is 484 g/mol. The Hall–Kier alpha value is -2.91. The monoisotopic (exact) mass is 483 g/mol. The summed E-state index contributed by atoms with van der Waals surface area (Å²) in [4.78, 5) is 19.8. The zero-order valence-electron chi connectivity index (χ0n) is 20.3. The Balaban J connectivity index is 1.46. The molecule has 9 heteroatoms. The number of imidazole rings is 1. The summed E-state index contributed by atoms with van der Waals surface area (Å²) in [6.45, 7) is 8.60. The molecule has 1 amide bonds. The third-order valence-corrected chi connectivity index (χ3v) is 8.65. The number of hydrogen-bond acceptors (Lipinski definition) is 5. The number of anilines is 2. The summed E-state index contributed by atoms with van der Waals surface area (Å²) in [6, 6.07) is 11.1. The van der Waals surface area contributed by atoms with Crippen LogP contribution in [0.1, 0.15) is 38.6 Å². The number of carbonyl (C=O) groups is 1. The van der Waals surface area contributed by atoms with Crippen LogP contribution in [0.25, 0.3) is 11.0 Å². The Morgan fingerprint density at radius 2 is 1.88 bits per heavy atom. The maximum atomic E-state index is 12.9. The van der Waals surface area contributed by atoms with Crippen molar-refractivity contribution < 1.29 is 13.2 Å². The summed E-state index contributed by atoms with van der Waals surface area (Å²) in [6.07, 6.45) is 1.79. The SMILES string of the molecule is CCN1CCc2ccc(NC(=O)CCc3nc4cc(S(=O)(=O)N(CC)CC)ccc4n3C)cc21. The molecule has 1 aliphatic rings. The predicted octanol–water partition coefficient (Wildman–Crippen LogP) is 3.56. The highest BCUT2D eigenvalue weighted by molar-refractivity contribution is 7.89. The van der Waals surface area contributed by atoms with Crippen molar-refractivity contribution in [3.63, 3.8) is 0 Å². The summed E-state index contributed by atoms with van der Waals surface area (Å²) in [5.74, 6) is 0.673. The first-order valence-electron chi connectivity index (χ1n) is 11.9. The molecule has 0 fully saturated rings. The summed E-state index contributed by atoms with van der Waals surface area (Å²) in [7, 11) is -1.66. The van der Waals surface area contributed by atoms with Crippen LogP contribution in [-0.2, 0) is 34.7 Å². The van der Waals surface area contributed by atoms with Crippen LogP contribution in [0.4, 0.5) is 11.4 Å². The molecule has 182 valence electrons. The Kier molecular flexibility index (Phi) is 6.95. The van der Waals surface area contributed by atoms with Crippen molar-refractivity contribution in [2.45, 2.75) is 44.9 Å². The second-order valence-electron chi connectivity index (χ2n) is 8.55. The van der Waals surface area contributed by atoms with E-state index in [1.54, 1.807) is 18.2 Å². The van der Waals surface area contributed by atoms with E-state index in [2.05, 4.69) is 34.3 Å². The smallest absolute Gasteiger partial charge is 0.243 e. The molecule has 1 N–H and O–H groups in total. The van der Waals surface area contributed by atoms with Gasteiger partial charge in [0.2, 0.25) is 15.9 Å². The molecular weight excluding hydrogens is 450 g/mol. The van der Waals surface area contributed by atoms with E-state index in [1.165, 1.54) is 15.6 Å². The average Bonchev–Trinajstić information content (AvgIpc) is 3.38. The first-order chi connectivity index (χ1) is 16.3. The van der Waals surface area contributed by atoms with Crippen LogP contribution in [0.2, 0.25) is 0 Å². The number of nitrogens with zero attached hydrogens (tertiary/aromatic N) is 4. The summed E-state index contributed by atoms with van der Waals surface area (Å²) in [5, 5.41) is 3.01. The molecule has 34 heavy (non-hydrogen) atoms. The molecular formula is C25H33N5O3S. The van der Waals surface area contributed by atoms with Gasteiger partial charge in [-0.05, 0) is 49.2 Å². The van der Waals surface area contributed by atoms with E-state index < -0.39 is 10.0 Å². The van der Waals surface area contributed by atoms with Gasteiger partial charge >= 0.3 is 0 Å². The molecule has 2 aromatic carbocycles. The zero-order valence-corrected chi connectivity index (χ0v) is 21.2. The fourth-order valence-corrected chi connectivity index (χ4v) is 6.11. The fraction of sp³-hybridized carbons (Fsp3) is 0.440. The van der Waals surface area contributed by atoms with Crippen molar-refractivity contribution in [1.29, 1.82) is 0 Å². The van der Waals surface area contributed by atoms with E-state index in [4.69, 9.17) is 0 Å². The number of hydrogen-bond donors (Lipinski definition) is 1. The summed E-state index contributed by atoms with van der Waals surface area (Å²) >= 11 is 0. The van der Waals surface area contributed by atoms with Crippen molar-refractivity contribution in [3.8, 4) is 0 Å². The van der Waals surface area contributed by atoms with Crippen LogP contribution in [0.3, 0.4) is 0 Å². The molecule has 0 unspecified atom stereocenters. The predicted molar refractivity (Wildman–Crippen MR) is 136 cm³/mol. The Bertz CT molecular complexity index is 1310. The largest absolute Gasteiger partial charge is 0.371 e. The van der Waals surface area contributed by atoms with Gasteiger partial charge in [-0.25, -0.2) is 13.4 Å². The quantitative estimate of drug-likeness (QED) is 0.503. The molecule has 1 aliphatic heterocycles. The normalized spacial score (nSPS) is 13.6. The lowest BCUT2D eigenvalue weighted by Crippen LogP contribution is -2.30. The van der Waals surface area contributed by atoms with Gasteiger partial charge < -0.3 is 14.8 Å². The molecule has 1 aromatic heterocycles. The van der Waals surface area contributed by atoms with Gasteiger partial charge in [0, 0.05) is 57.4 Å². The first-order valence-corrected chi connectivity index (χ1v) is 13.4. The van der Waals surface area contributed by atoms with E-state index >= 15 is 0 Å². The van der Waals surface area contributed by atoms with Crippen molar-refractivity contribution in [3.05, 3.63) is 47.8 Å². The Morgan fingerprint density at radius 1 is 1.12 bits per heavy atom. The molecule has 0 saturated carbocycles. The van der Waals surface area contributed by atoms with Crippen molar-refractivity contribution in [1.82, 2.24) is 13.9 Å². The highest BCUT2D eigenvalue weighted by atomic mass is 32.2. The topological polar surface area (TPSA) is 87.5 Å². The highest BCUT2D eigenvalue weighted by Crippen LogP contribution is 2.30. The molecule has 0 atom stereocenters. The van der Waals surface area contributed by atoms with E-state index in [0.29, 0.717) is 25.0 Å². The first kappa shape index (κ1) is 24.2. The lowest BCUT2D eigenvalue weighted by atomic mass is 10.1. The second kappa shape index (κ2) is 9.76. The number of sulfonamides is 1. The number of nitrogens with one attached hydrogen (secondary N) is 1. The van der Waals surface area contributed by atoms with Gasteiger partial charge in [0.05, 0.1) is 15.9 Å². The second-order valence-corrected chi connectivity index (χ2v) is 10.5. The number of amides is 1. The van der Waals surface area contributed by atoms with Gasteiger partial charge in [0.1, 0.15) is 5.82 Å². The molecule has 3 aromatic rings. The van der Waals surface area contributed by atoms with Gasteiger partial charge in [-0.15, -0.1) is 0 Å². The standard InChI is InChI=1S/C25H33N5O3S/c1-5-29-15-14-18-8-9-19(16-23(18)29)26-25(31)13-12-24-27-21-17-20(10-11-22(21)28(24)4)34(32,33)30(6-2)7-3/h8-11,16-17H,5-7,12-15H2,1-4H3,(H,26,31). The van der Waals surface area contributed by atoms with Gasteiger partial charge in [0.25, 0.3) is 0 Å². The minimum absolute atomic E-state index is 0.0714. The Labute approximate surface area is 201 Å². The number of carbonyl (C=O) groups excluding carboxylic acids is 1. The van der Waals surface area contributed by atoms with Crippen LogP contribution in [0.15, 0.2) is 41.3 Å². The number of benzene rings is 2. The van der Waals surface area contributed by atoms with E-state index in [-0.39, 0.29) is 17.2 Å². The maximum Gasteiger partial charge on any atom is 0.243 e. The minimum Gasteiger partial charge on any atom is -0.371 e. The van der Waals surface area contributed by atoms with Crippen molar-refractivity contribution >= 4 is 38.3 Å². The van der Waals surface area contributed by atoms with Crippen molar-refractivity contribution in [2.24, 2.45) is 7.05 Å². The van der Waals surface area contributed by atoms with Crippen LogP contribution < -0.4 is 10.2 Å². The van der Waals surface area contributed by atoms with Crippen LogP contribution in [0, 0.1) is 0 Å². The third-order valence-electron chi connectivity index (χ3n) is 6.61. The van der Waals surface area contributed by atoms with Crippen LogP contribution >= 0.6 is 0 Å². The number of aromatic nitrogens is 2. The van der Waals surface area contributed by atoms with Crippen LogP contribution in [-0.4, -0.2) is 54.4 Å². The lowest BCUT2D eigenvalue weighted by molar-refractivity contribution is -0.116.